The summed E-state index contributed by atoms with van der Waals surface area (Å²) < 4.78 is 47.4. The van der Waals surface area contributed by atoms with Crippen LogP contribution in [0, 0.1) is 12.8 Å². The Balaban J connectivity index is 1.56. The Kier molecular flexibility index (Phi) is 7.58. The number of rotatable bonds is 6. The van der Waals surface area contributed by atoms with Crippen LogP contribution in [-0.2, 0) is 13.1 Å². The zero-order valence-corrected chi connectivity index (χ0v) is 22.8. The quantitative estimate of drug-likeness (QED) is 0.339. The Morgan fingerprint density at radius 3 is 2.74 bits per heavy atom. The number of pyridine rings is 1. The van der Waals surface area contributed by atoms with Gasteiger partial charge in [-0.05, 0) is 49.7 Å². The van der Waals surface area contributed by atoms with E-state index in [1.807, 2.05) is 25.1 Å². The molecule has 206 valence electrons. The third-order valence-corrected chi connectivity index (χ3v) is 8.13. The molecule has 1 aliphatic heterocycles. The maximum atomic E-state index is 12.9. The Hall–Kier alpha value is -3.15. The molecule has 1 saturated heterocycles. The molecule has 0 unspecified atom stereocenters. The van der Waals surface area contributed by atoms with Crippen LogP contribution < -0.4 is 21.3 Å². The smallest absolute Gasteiger partial charge is 0.406 e. The van der Waals surface area contributed by atoms with Crippen molar-refractivity contribution >= 4 is 33.2 Å². The Labute approximate surface area is 230 Å². The number of hydrogen-bond acceptors (Lipinski definition) is 6. The highest BCUT2D eigenvalue weighted by Crippen LogP contribution is 2.42. The van der Waals surface area contributed by atoms with Gasteiger partial charge in [0.25, 0.3) is 5.56 Å². The molecule has 1 aliphatic rings. The van der Waals surface area contributed by atoms with Crippen LogP contribution in [0.15, 0.2) is 52.3 Å². The molecule has 3 aromatic heterocycles. The van der Waals surface area contributed by atoms with Gasteiger partial charge in [0.1, 0.15) is 18.4 Å². The van der Waals surface area contributed by atoms with Crippen molar-refractivity contribution in [1.82, 2.24) is 19.4 Å². The normalized spacial score (nSPS) is 18.0. The molecule has 4 heterocycles. The predicted octanol–water partition coefficient (Wildman–Crippen LogP) is 5.24. The minimum atomic E-state index is -4.59. The molecule has 5 rings (SSSR count). The second-order valence-corrected chi connectivity index (χ2v) is 11.4. The third kappa shape index (κ3) is 5.90. The second kappa shape index (κ2) is 10.8. The lowest BCUT2D eigenvalue weighted by Gasteiger charge is -2.31. The second-order valence-electron chi connectivity index (χ2n) is 9.78. The zero-order chi connectivity index (χ0) is 27.9. The number of hydrogen-bond donors (Lipinski definition) is 1. The summed E-state index contributed by atoms with van der Waals surface area (Å²) in [6, 6.07) is 8.27. The summed E-state index contributed by atoms with van der Waals surface area (Å²) in [6.45, 7) is 4.17. The first-order chi connectivity index (χ1) is 18.5. The molecule has 1 aromatic carbocycles. The van der Waals surface area contributed by atoms with Gasteiger partial charge in [-0.15, -0.1) is 11.3 Å². The summed E-state index contributed by atoms with van der Waals surface area (Å²) in [5, 5.41) is 3.93. The van der Waals surface area contributed by atoms with Crippen molar-refractivity contribution in [3.05, 3.63) is 79.0 Å². The van der Waals surface area contributed by atoms with Crippen LogP contribution in [0.5, 0.6) is 5.75 Å². The molecular weight excluding hydrogens is 553 g/mol. The van der Waals surface area contributed by atoms with Gasteiger partial charge in [-0.3, -0.25) is 18.9 Å². The molecular formula is C27H26ClF3N4O3S. The highest BCUT2D eigenvalue weighted by atomic mass is 35.5. The van der Waals surface area contributed by atoms with Gasteiger partial charge in [-0.2, -0.15) is 13.2 Å². The van der Waals surface area contributed by atoms with E-state index in [9.17, 15) is 22.8 Å². The summed E-state index contributed by atoms with van der Waals surface area (Å²) >= 11 is 7.79. The lowest BCUT2D eigenvalue weighted by molar-refractivity contribution is -0.141. The number of nitrogens with zero attached hydrogens (tertiary/aromatic N) is 3. The fourth-order valence-corrected chi connectivity index (χ4v) is 6.26. The van der Waals surface area contributed by atoms with E-state index in [0.717, 1.165) is 63.5 Å². The summed E-state index contributed by atoms with van der Waals surface area (Å²) in [7, 11) is 0. The van der Waals surface area contributed by atoms with Gasteiger partial charge >= 0.3 is 11.9 Å². The number of ether oxygens (including phenoxy) is 1. The average Bonchev–Trinajstić information content (AvgIpc) is 3.28. The van der Waals surface area contributed by atoms with E-state index in [-0.39, 0.29) is 12.6 Å². The van der Waals surface area contributed by atoms with E-state index in [0.29, 0.717) is 25.9 Å². The van der Waals surface area contributed by atoms with Gasteiger partial charge in [0, 0.05) is 51.9 Å². The molecule has 39 heavy (non-hydrogen) atoms. The number of fused-ring (bicyclic) bond motifs is 1. The number of benzene rings is 1. The molecule has 1 N–H and O–H groups in total. The number of thiophene rings is 1. The molecule has 1 fully saturated rings. The monoisotopic (exact) mass is 578 g/mol. The van der Waals surface area contributed by atoms with E-state index in [1.54, 1.807) is 12.3 Å². The Morgan fingerprint density at radius 2 is 2.00 bits per heavy atom. The maximum Gasteiger partial charge on any atom is 0.406 e. The fourth-order valence-electron chi connectivity index (χ4n) is 4.85. The molecule has 0 aliphatic carbocycles. The first kappa shape index (κ1) is 27.4. The van der Waals surface area contributed by atoms with Crippen LogP contribution in [0.1, 0.15) is 23.8 Å². The van der Waals surface area contributed by atoms with Crippen LogP contribution in [0.4, 0.5) is 13.2 Å². The average molecular weight is 579 g/mol. The minimum Gasteiger partial charge on any atom is -0.489 e. The number of aromatic nitrogens is 3. The topological polar surface area (TPSA) is 78.2 Å². The summed E-state index contributed by atoms with van der Waals surface area (Å²) in [4.78, 5) is 30.2. The van der Waals surface area contributed by atoms with Gasteiger partial charge in [-0.1, -0.05) is 18.5 Å². The van der Waals surface area contributed by atoms with Crippen molar-refractivity contribution in [3.8, 4) is 16.9 Å². The lowest BCUT2D eigenvalue weighted by atomic mass is 9.97. The molecule has 7 nitrogen and oxygen atoms in total. The molecule has 4 aromatic rings. The molecule has 12 heteroatoms. The largest absolute Gasteiger partial charge is 0.489 e. The zero-order valence-electron chi connectivity index (χ0n) is 21.2. The standard InChI is InChI=1S/C27H26ClF3N4O3S/c1-15-9-17(28)10-20(24(15)38-22-4-6-32-12-16(22)2)19-3-7-33-21-11-18(39-25(19)21)13-35-23(36)5-8-34(26(35)37)14-27(29,30)31/h3,5,7-11,16,22,32H,4,6,12-14H2,1-2H3/t16-,22-/m0/s1. The number of halogens is 4. The lowest BCUT2D eigenvalue weighted by Crippen LogP contribution is -2.41. The Morgan fingerprint density at radius 1 is 1.21 bits per heavy atom. The van der Waals surface area contributed by atoms with Crippen LogP contribution >= 0.6 is 22.9 Å². The summed E-state index contributed by atoms with van der Waals surface area (Å²) in [6.07, 6.45) is -1.17. The third-order valence-electron chi connectivity index (χ3n) is 6.77. The van der Waals surface area contributed by atoms with E-state index in [2.05, 4.69) is 17.2 Å². The summed E-state index contributed by atoms with van der Waals surface area (Å²) in [5.74, 6) is 1.05. The maximum absolute atomic E-state index is 12.9. The van der Waals surface area contributed by atoms with Crippen molar-refractivity contribution in [2.75, 3.05) is 13.1 Å². The van der Waals surface area contributed by atoms with E-state index in [4.69, 9.17) is 16.3 Å². The number of nitrogens with one attached hydrogen (secondary N) is 1. The summed E-state index contributed by atoms with van der Waals surface area (Å²) in [5.41, 5.74) is 1.45. The van der Waals surface area contributed by atoms with Gasteiger partial charge in [-0.25, -0.2) is 4.79 Å². The molecule has 0 bridgehead atoms. The molecule has 0 radical (unpaired) electrons. The number of piperidine rings is 1. The van der Waals surface area contributed by atoms with Gasteiger partial charge in [0.05, 0.1) is 16.8 Å². The van der Waals surface area contributed by atoms with Crippen LogP contribution in [0.3, 0.4) is 0 Å². The molecule has 2 atom stereocenters. The van der Waals surface area contributed by atoms with Crippen molar-refractivity contribution in [2.24, 2.45) is 5.92 Å². The van der Waals surface area contributed by atoms with Gasteiger partial charge < -0.3 is 10.1 Å². The first-order valence-electron chi connectivity index (χ1n) is 12.4. The van der Waals surface area contributed by atoms with Crippen molar-refractivity contribution in [3.63, 3.8) is 0 Å². The van der Waals surface area contributed by atoms with Gasteiger partial charge in [0.2, 0.25) is 0 Å². The number of alkyl halides is 3. The molecule has 0 amide bonds. The van der Waals surface area contributed by atoms with Crippen molar-refractivity contribution < 1.29 is 17.9 Å². The van der Waals surface area contributed by atoms with E-state index >= 15 is 0 Å². The van der Waals surface area contributed by atoms with Crippen molar-refractivity contribution in [1.29, 1.82) is 0 Å². The number of aryl methyl sites for hydroxylation is 1. The van der Waals surface area contributed by atoms with Crippen LogP contribution in [-0.4, -0.2) is 39.5 Å². The van der Waals surface area contributed by atoms with Gasteiger partial charge in [0.15, 0.2) is 0 Å². The molecule has 0 saturated carbocycles. The predicted molar refractivity (Wildman–Crippen MR) is 146 cm³/mol. The van der Waals surface area contributed by atoms with Crippen LogP contribution in [0.25, 0.3) is 21.3 Å². The van der Waals surface area contributed by atoms with E-state index in [1.165, 1.54) is 11.3 Å². The van der Waals surface area contributed by atoms with Crippen LogP contribution in [0.2, 0.25) is 5.02 Å². The minimum absolute atomic E-state index is 0.0323. The van der Waals surface area contributed by atoms with Crippen molar-refractivity contribution in [2.45, 2.75) is 45.6 Å². The fraction of sp³-hybridized carbons (Fsp3) is 0.370. The SMILES string of the molecule is Cc1cc(Cl)cc(-c2ccnc3cc(Cn4c(=O)ccn(CC(F)(F)F)c4=O)sc23)c1O[C@H]1CCNC[C@@H]1C. The molecule has 0 spiro atoms. The van der Waals surface area contributed by atoms with E-state index < -0.39 is 24.0 Å². The highest BCUT2D eigenvalue weighted by molar-refractivity contribution is 7.19. The highest BCUT2D eigenvalue weighted by Gasteiger charge is 2.29. The Bertz CT molecular complexity index is 1650. The first-order valence-corrected chi connectivity index (χ1v) is 13.6.